The molecule has 0 aliphatic carbocycles. The topological polar surface area (TPSA) is 203 Å². The van der Waals surface area contributed by atoms with Crippen LogP contribution < -0.4 is 0 Å². The van der Waals surface area contributed by atoms with Crippen LogP contribution in [0.4, 0.5) is 0 Å². The van der Waals surface area contributed by atoms with E-state index >= 15 is 0 Å². The minimum Gasteiger partial charge on any atom is -0.481 e. The van der Waals surface area contributed by atoms with Gasteiger partial charge in [0, 0.05) is 5.57 Å². The fourth-order valence-corrected chi connectivity index (χ4v) is 12.7. The Morgan fingerprint density at radius 3 is 1.97 bits per heavy atom. The molecule has 1 fully saturated rings. The lowest BCUT2D eigenvalue weighted by Gasteiger charge is -2.23. The third-order valence-corrected chi connectivity index (χ3v) is 16.7. The van der Waals surface area contributed by atoms with Crippen LogP contribution in [0.2, 0.25) is 0 Å². The highest BCUT2D eigenvalue weighted by Gasteiger charge is 2.41. The summed E-state index contributed by atoms with van der Waals surface area (Å²) in [6.45, 7) is 18.5. The van der Waals surface area contributed by atoms with Crippen LogP contribution in [-0.4, -0.2) is 110 Å². The Hall–Kier alpha value is -3.73. The molecule has 1 N–H and O–H groups in total. The minimum absolute atomic E-state index is 0.0431. The number of carbonyl (C=O) groups is 6. The molecule has 382 valence electrons. The Labute approximate surface area is 434 Å². The first-order valence-electron chi connectivity index (χ1n) is 21.9. The highest BCUT2D eigenvalue weighted by Crippen LogP contribution is 2.34. The first-order valence-corrected chi connectivity index (χ1v) is 28.0. The van der Waals surface area contributed by atoms with E-state index in [0.717, 1.165) is 24.1 Å². The number of rotatable bonds is 18. The predicted octanol–water partition coefficient (Wildman–Crippen LogP) is 10.2. The number of aliphatic carboxylic acids is 1. The summed E-state index contributed by atoms with van der Waals surface area (Å²) in [6.07, 6.45) is 3.77. The first kappa shape index (κ1) is 63.3. The second kappa shape index (κ2) is 33.0. The summed E-state index contributed by atoms with van der Waals surface area (Å²) < 4.78 is 53.0. The fraction of sp³-hybridized carbons (Fsp3) is 0.500. The molecule has 0 spiro atoms. The van der Waals surface area contributed by atoms with E-state index in [1.807, 2.05) is 58.0 Å². The van der Waals surface area contributed by atoms with Crippen LogP contribution in [-0.2, 0) is 62.3 Å². The van der Waals surface area contributed by atoms with Crippen molar-refractivity contribution in [1.82, 2.24) is 0 Å². The monoisotopic (exact) mass is 1090 g/mol. The lowest BCUT2D eigenvalue weighted by molar-refractivity contribution is -0.148. The molecule has 69 heavy (non-hydrogen) atoms. The van der Waals surface area contributed by atoms with Crippen LogP contribution in [0.25, 0.3) is 6.08 Å². The molecule has 0 amide bonds. The molecule has 3 rings (SSSR count). The molecule has 14 nitrogen and oxygen atoms in total. The number of unbranched alkanes of at least 4 members (excludes halogenated alkanes) is 1. The zero-order chi connectivity index (χ0) is 52.2. The number of carboxylic acid groups (broad SMARTS) is 1. The number of sulfone groups is 1. The Morgan fingerprint density at radius 1 is 0.884 bits per heavy atom. The molecule has 0 aromatic heterocycles. The van der Waals surface area contributed by atoms with Crippen LogP contribution in [0.15, 0.2) is 78.4 Å². The SMILES string of the molecule is C=C1C(=O)OCCCCOC(=O)C(C)S(=O)(=O)C1c1ccccc1.CCSC(=S)SC(C)(C)OC=O.CCSC(=S)SC(C)C(=O)OCCCCOC(=O)/C(=C/c1ccccc1)CC(C)(C)C(=O)O. The number of hydrogen-bond donors (Lipinski definition) is 1. The summed E-state index contributed by atoms with van der Waals surface area (Å²) in [7, 11) is -4.09. The molecule has 1 aliphatic rings. The van der Waals surface area contributed by atoms with E-state index in [2.05, 4.69) is 6.58 Å². The average molecular weight is 1090 g/mol. The Morgan fingerprint density at radius 2 is 1.42 bits per heavy atom. The van der Waals surface area contributed by atoms with Gasteiger partial charge in [-0.1, -0.05) is 129 Å². The number of cyclic esters (lactones) is 2. The van der Waals surface area contributed by atoms with Gasteiger partial charge in [-0.05, 0) is 102 Å². The number of carbonyl (C=O) groups excluding carboxylic acids is 5. The average Bonchev–Trinajstić information content (AvgIpc) is 3.28. The quantitative estimate of drug-likeness (QED) is 0.0280. The molecule has 21 heteroatoms. The van der Waals surface area contributed by atoms with Crippen molar-refractivity contribution in [1.29, 1.82) is 0 Å². The number of thioether (sulfide) groups is 4. The van der Waals surface area contributed by atoms with Crippen molar-refractivity contribution in [2.24, 2.45) is 5.41 Å². The number of carboxylic acids is 1. The normalized spacial score (nSPS) is 16.9. The molecule has 2 aromatic rings. The largest absolute Gasteiger partial charge is 0.481 e. The van der Waals surface area contributed by atoms with Crippen LogP contribution in [0.3, 0.4) is 0 Å². The van der Waals surface area contributed by atoms with E-state index in [1.165, 1.54) is 42.2 Å². The Bertz CT molecular complexity index is 2160. The molecule has 1 aliphatic heterocycles. The maximum absolute atomic E-state index is 12.9. The maximum Gasteiger partial charge on any atom is 0.335 e. The van der Waals surface area contributed by atoms with Crippen molar-refractivity contribution in [2.75, 3.05) is 37.9 Å². The number of hydrogen-bond acceptors (Lipinski definition) is 19. The van der Waals surface area contributed by atoms with Gasteiger partial charge < -0.3 is 28.8 Å². The van der Waals surface area contributed by atoms with Gasteiger partial charge >= 0.3 is 29.8 Å². The van der Waals surface area contributed by atoms with Gasteiger partial charge in [-0.2, -0.15) is 0 Å². The standard InChI is InChI=1S/C24H32O6S3.C17H20O6S.C7H12O2S3/c1-5-32-23(31)33-17(2)20(25)29-13-9-10-14-30-21(26)19(16-24(3,4)22(27)28)15-18-11-7-6-8-12-18;1-12-15(14-8-4-3-5-9-14)24(20,21)13(2)17(19)23-11-7-6-10-22-16(12)18;1-4-11-6(10)12-7(2,3)9-5-8/h6-8,11-12,15,17H,5,9-10,13-14,16H2,1-4H3,(H,27,28);3-5,8-9,13,15H,1,6-7,10-11H2,2H3;5H,4H2,1-3H3/b19-15+;;. The highest BCUT2D eigenvalue weighted by atomic mass is 32.2. The molecule has 0 radical (unpaired) electrons. The summed E-state index contributed by atoms with van der Waals surface area (Å²) >= 11 is 16.0. The van der Waals surface area contributed by atoms with E-state index in [1.54, 1.807) is 68.9 Å². The minimum atomic E-state index is -4.09. The Kier molecular flexibility index (Phi) is 30.3. The van der Waals surface area contributed by atoms with Gasteiger partial charge in [0.05, 0.1) is 37.4 Å². The predicted molar refractivity (Wildman–Crippen MR) is 287 cm³/mol. The van der Waals surface area contributed by atoms with E-state index < -0.39 is 54.6 Å². The van der Waals surface area contributed by atoms with Gasteiger partial charge in [0.15, 0.2) is 20.0 Å². The molecule has 3 unspecified atom stereocenters. The zero-order valence-electron chi connectivity index (χ0n) is 40.3. The van der Waals surface area contributed by atoms with Crippen molar-refractivity contribution in [2.45, 2.75) is 108 Å². The lowest BCUT2D eigenvalue weighted by Crippen LogP contribution is -2.35. The third-order valence-electron chi connectivity index (χ3n) is 9.27. The second-order valence-electron chi connectivity index (χ2n) is 15.9. The van der Waals surface area contributed by atoms with Crippen molar-refractivity contribution < 1.29 is 66.0 Å². The van der Waals surface area contributed by atoms with Gasteiger partial charge in [-0.15, -0.1) is 23.5 Å². The van der Waals surface area contributed by atoms with Gasteiger partial charge in [0.2, 0.25) is 0 Å². The van der Waals surface area contributed by atoms with Crippen LogP contribution in [0.5, 0.6) is 0 Å². The van der Waals surface area contributed by atoms with E-state index in [4.69, 9.17) is 48.1 Å². The Balaban J connectivity index is 0.000000574. The van der Waals surface area contributed by atoms with Gasteiger partial charge in [0.1, 0.15) is 17.6 Å². The summed E-state index contributed by atoms with van der Waals surface area (Å²) in [5.41, 5.74) is 0.131. The number of thiocarbonyl (C=S) groups is 2. The van der Waals surface area contributed by atoms with Gasteiger partial charge in [-0.3, -0.25) is 19.2 Å². The van der Waals surface area contributed by atoms with Crippen LogP contribution in [0.1, 0.15) is 104 Å². The zero-order valence-corrected chi connectivity index (χ0v) is 46.0. The number of benzene rings is 2. The first-order chi connectivity index (χ1) is 32.4. The number of esters is 4. The van der Waals surface area contributed by atoms with Crippen LogP contribution >= 0.6 is 71.5 Å². The van der Waals surface area contributed by atoms with Gasteiger partial charge in [0.25, 0.3) is 6.47 Å². The molecule has 3 atom stereocenters. The van der Waals surface area contributed by atoms with Crippen molar-refractivity contribution in [3.63, 3.8) is 0 Å². The maximum atomic E-state index is 12.9. The van der Waals surface area contributed by atoms with E-state index in [9.17, 15) is 42.3 Å². The summed E-state index contributed by atoms with van der Waals surface area (Å²) in [6, 6.07) is 17.4. The molecular weight excluding hydrogens is 1020 g/mol. The van der Waals surface area contributed by atoms with Gasteiger partial charge in [-0.25, -0.2) is 18.0 Å². The molecule has 1 saturated heterocycles. The molecule has 0 saturated carbocycles. The van der Waals surface area contributed by atoms with Crippen molar-refractivity contribution in [3.8, 4) is 0 Å². The second-order valence-corrected chi connectivity index (χ2v) is 26.1. The number of ether oxygens (including phenoxy) is 5. The smallest absolute Gasteiger partial charge is 0.335 e. The fourth-order valence-electron chi connectivity index (χ4n) is 5.48. The van der Waals surface area contributed by atoms with E-state index in [-0.39, 0.29) is 49.6 Å². The third kappa shape index (κ3) is 24.8. The van der Waals surface area contributed by atoms with E-state index in [0.29, 0.717) is 43.3 Å². The molecular formula is C48H64O14S7. The van der Waals surface area contributed by atoms with Crippen molar-refractivity contribution in [3.05, 3.63) is 89.5 Å². The highest BCUT2D eigenvalue weighted by molar-refractivity contribution is 8.48. The molecule has 2 aromatic carbocycles. The molecule has 1 heterocycles. The summed E-state index contributed by atoms with van der Waals surface area (Å²) in [5, 5.41) is 6.31. The summed E-state index contributed by atoms with van der Waals surface area (Å²) in [4.78, 5) is 70.0. The van der Waals surface area contributed by atoms with Crippen LogP contribution in [0, 0.1) is 5.41 Å². The summed E-state index contributed by atoms with van der Waals surface area (Å²) in [5.74, 6) is -1.63. The van der Waals surface area contributed by atoms with Crippen molar-refractivity contribution >= 4 is 131 Å². The lowest BCUT2D eigenvalue weighted by atomic mass is 9.85. The molecule has 0 bridgehead atoms.